The summed E-state index contributed by atoms with van der Waals surface area (Å²) in [6, 6.07) is 8.84. The summed E-state index contributed by atoms with van der Waals surface area (Å²) in [6.07, 6.45) is 6.30. The maximum Gasteiger partial charge on any atom is 0.0346 e. The maximum atomic E-state index is 6.13. The lowest BCUT2D eigenvalue weighted by atomic mass is 9.87. The van der Waals surface area contributed by atoms with Gasteiger partial charge in [-0.2, -0.15) is 0 Å². The molecule has 2 heteroatoms. The van der Waals surface area contributed by atoms with E-state index in [2.05, 4.69) is 36.2 Å². The molecule has 0 spiro atoms. The molecule has 0 aliphatic heterocycles. The zero-order chi connectivity index (χ0) is 11.8. The molecule has 0 saturated heterocycles. The van der Waals surface area contributed by atoms with E-state index in [-0.39, 0.29) is 0 Å². The zero-order valence-corrected chi connectivity index (χ0v) is 10.1. The molecule has 1 aliphatic rings. The van der Waals surface area contributed by atoms with E-state index >= 15 is 0 Å². The first kappa shape index (κ1) is 10.7. The van der Waals surface area contributed by atoms with Crippen LogP contribution in [0.15, 0.2) is 36.7 Å². The second kappa shape index (κ2) is 4.11. The van der Waals surface area contributed by atoms with Gasteiger partial charge in [0, 0.05) is 23.8 Å². The average Bonchev–Trinajstić information content (AvgIpc) is 2.69. The van der Waals surface area contributed by atoms with Crippen LogP contribution < -0.4 is 5.73 Å². The Hall–Kier alpha value is -1.41. The van der Waals surface area contributed by atoms with Gasteiger partial charge >= 0.3 is 0 Å². The highest BCUT2D eigenvalue weighted by molar-refractivity contribution is 5.85. The molecule has 1 heterocycles. The van der Waals surface area contributed by atoms with Gasteiger partial charge in [-0.05, 0) is 35.6 Å². The molecule has 1 fully saturated rings. The molecule has 1 aliphatic carbocycles. The minimum atomic E-state index is 0.346. The standard InChI is InChI=1S/C15H18N2/c1-10-12(6-7-15(10)16)14-9-17-8-11-4-2-3-5-13(11)14/h2-5,8-10,12,15H,6-7,16H2,1H3. The van der Waals surface area contributed by atoms with Crippen molar-refractivity contribution in [2.75, 3.05) is 0 Å². The molecule has 3 unspecified atom stereocenters. The topological polar surface area (TPSA) is 38.9 Å². The Morgan fingerprint density at radius 3 is 2.76 bits per heavy atom. The van der Waals surface area contributed by atoms with Gasteiger partial charge in [0.25, 0.3) is 0 Å². The highest BCUT2D eigenvalue weighted by atomic mass is 14.7. The van der Waals surface area contributed by atoms with Crippen LogP contribution in [0.4, 0.5) is 0 Å². The molecule has 2 N–H and O–H groups in total. The summed E-state index contributed by atoms with van der Waals surface area (Å²) in [5.41, 5.74) is 7.51. The van der Waals surface area contributed by atoms with Gasteiger partial charge in [0.15, 0.2) is 0 Å². The van der Waals surface area contributed by atoms with Crippen molar-refractivity contribution >= 4 is 10.8 Å². The van der Waals surface area contributed by atoms with Gasteiger partial charge in [-0.3, -0.25) is 4.98 Å². The highest BCUT2D eigenvalue weighted by Gasteiger charge is 2.32. The Bertz CT molecular complexity index is 530. The van der Waals surface area contributed by atoms with E-state index in [1.807, 2.05) is 12.4 Å². The number of fused-ring (bicyclic) bond motifs is 1. The van der Waals surface area contributed by atoms with Crippen molar-refractivity contribution in [3.05, 3.63) is 42.2 Å². The molecule has 3 atom stereocenters. The van der Waals surface area contributed by atoms with Crippen molar-refractivity contribution < 1.29 is 0 Å². The van der Waals surface area contributed by atoms with E-state index < -0.39 is 0 Å². The summed E-state index contributed by atoms with van der Waals surface area (Å²) >= 11 is 0. The van der Waals surface area contributed by atoms with Crippen LogP contribution in [0.2, 0.25) is 0 Å². The van der Waals surface area contributed by atoms with Crippen molar-refractivity contribution in [2.24, 2.45) is 11.7 Å². The van der Waals surface area contributed by atoms with Crippen molar-refractivity contribution in [3.8, 4) is 0 Å². The largest absolute Gasteiger partial charge is 0.327 e. The summed E-state index contributed by atoms with van der Waals surface area (Å²) in [4.78, 5) is 4.38. The molecule has 1 aromatic heterocycles. The Kier molecular flexibility index (Phi) is 2.60. The highest BCUT2D eigenvalue weighted by Crippen LogP contribution is 2.40. The third-order valence-corrected chi connectivity index (χ3v) is 4.22. The average molecular weight is 226 g/mol. The number of pyridine rings is 1. The van der Waals surface area contributed by atoms with Crippen molar-refractivity contribution in [2.45, 2.75) is 31.7 Å². The summed E-state index contributed by atoms with van der Waals surface area (Å²) in [5, 5.41) is 2.58. The molecule has 0 amide bonds. The van der Waals surface area contributed by atoms with Gasteiger partial charge in [0.05, 0.1) is 0 Å². The van der Waals surface area contributed by atoms with E-state index in [1.165, 1.54) is 22.8 Å². The fraction of sp³-hybridized carbons (Fsp3) is 0.400. The van der Waals surface area contributed by atoms with Crippen LogP contribution in [0.25, 0.3) is 10.8 Å². The Morgan fingerprint density at radius 2 is 2.00 bits per heavy atom. The number of nitrogens with two attached hydrogens (primary N) is 1. The third-order valence-electron chi connectivity index (χ3n) is 4.22. The molecule has 0 radical (unpaired) electrons. The third kappa shape index (κ3) is 1.73. The molecule has 2 aromatic rings. The lowest BCUT2D eigenvalue weighted by molar-refractivity contribution is 0.480. The summed E-state index contributed by atoms with van der Waals surface area (Å²) < 4.78 is 0. The lowest BCUT2D eigenvalue weighted by Gasteiger charge is -2.19. The Morgan fingerprint density at radius 1 is 1.18 bits per heavy atom. The molecule has 1 aromatic carbocycles. The van der Waals surface area contributed by atoms with Crippen molar-refractivity contribution in [1.82, 2.24) is 4.98 Å². The number of hydrogen-bond acceptors (Lipinski definition) is 2. The van der Waals surface area contributed by atoms with Gasteiger partial charge in [0.2, 0.25) is 0 Å². The van der Waals surface area contributed by atoms with E-state index in [0.29, 0.717) is 17.9 Å². The monoisotopic (exact) mass is 226 g/mol. The molecular formula is C15H18N2. The smallest absolute Gasteiger partial charge is 0.0346 e. The van der Waals surface area contributed by atoms with Crippen LogP contribution in [0.1, 0.15) is 31.2 Å². The van der Waals surface area contributed by atoms with Crippen LogP contribution in [0.3, 0.4) is 0 Å². The van der Waals surface area contributed by atoms with Crippen LogP contribution in [0, 0.1) is 5.92 Å². The maximum absolute atomic E-state index is 6.13. The number of benzene rings is 1. The summed E-state index contributed by atoms with van der Waals surface area (Å²) in [5.74, 6) is 1.13. The minimum Gasteiger partial charge on any atom is -0.327 e. The van der Waals surface area contributed by atoms with E-state index in [9.17, 15) is 0 Å². The molecule has 3 rings (SSSR count). The number of nitrogens with zero attached hydrogens (tertiary/aromatic N) is 1. The first-order valence-corrected chi connectivity index (χ1v) is 6.35. The lowest BCUT2D eigenvalue weighted by Crippen LogP contribution is -2.24. The fourth-order valence-corrected chi connectivity index (χ4v) is 3.07. The van der Waals surface area contributed by atoms with Crippen LogP contribution in [0.5, 0.6) is 0 Å². The number of aromatic nitrogens is 1. The van der Waals surface area contributed by atoms with Gasteiger partial charge < -0.3 is 5.73 Å². The fourth-order valence-electron chi connectivity index (χ4n) is 3.07. The number of rotatable bonds is 1. The van der Waals surface area contributed by atoms with Crippen molar-refractivity contribution in [3.63, 3.8) is 0 Å². The summed E-state index contributed by atoms with van der Waals surface area (Å²) in [7, 11) is 0. The Labute approximate surface area is 102 Å². The molecule has 1 saturated carbocycles. The predicted molar refractivity (Wildman–Crippen MR) is 70.9 cm³/mol. The zero-order valence-electron chi connectivity index (χ0n) is 10.1. The van der Waals surface area contributed by atoms with E-state index in [4.69, 9.17) is 5.73 Å². The quantitative estimate of drug-likeness (QED) is 0.811. The summed E-state index contributed by atoms with van der Waals surface area (Å²) in [6.45, 7) is 2.27. The predicted octanol–water partition coefficient (Wildman–Crippen LogP) is 3.08. The molecule has 2 nitrogen and oxygen atoms in total. The second-order valence-corrected chi connectivity index (χ2v) is 5.16. The van der Waals surface area contributed by atoms with Crippen LogP contribution in [-0.2, 0) is 0 Å². The first-order chi connectivity index (χ1) is 8.27. The van der Waals surface area contributed by atoms with Gasteiger partial charge in [-0.25, -0.2) is 0 Å². The molecule has 88 valence electrons. The Balaban J connectivity index is 2.11. The van der Waals surface area contributed by atoms with E-state index in [0.717, 1.165) is 6.42 Å². The molecular weight excluding hydrogens is 208 g/mol. The van der Waals surface area contributed by atoms with Gasteiger partial charge in [0.1, 0.15) is 0 Å². The van der Waals surface area contributed by atoms with Gasteiger partial charge in [-0.15, -0.1) is 0 Å². The minimum absolute atomic E-state index is 0.346. The van der Waals surface area contributed by atoms with Crippen LogP contribution in [-0.4, -0.2) is 11.0 Å². The van der Waals surface area contributed by atoms with Crippen LogP contribution >= 0.6 is 0 Å². The van der Waals surface area contributed by atoms with E-state index in [1.54, 1.807) is 0 Å². The normalized spacial score (nSPS) is 28.7. The molecule has 17 heavy (non-hydrogen) atoms. The SMILES string of the molecule is CC1C(N)CCC1c1cncc2ccccc12. The molecule has 0 bridgehead atoms. The first-order valence-electron chi connectivity index (χ1n) is 6.35. The van der Waals surface area contributed by atoms with Crippen molar-refractivity contribution in [1.29, 1.82) is 0 Å². The second-order valence-electron chi connectivity index (χ2n) is 5.16. The van der Waals surface area contributed by atoms with Gasteiger partial charge in [-0.1, -0.05) is 31.2 Å². The number of hydrogen-bond donors (Lipinski definition) is 1.